The first-order valence-electron chi connectivity index (χ1n) is 7.29. The minimum Gasteiger partial charge on any atom is -0.479 e. The van der Waals surface area contributed by atoms with Gasteiger partial charge in [0.05, 0.1) is 6.21 Å². The molecule has 2 amide bonds. The van der Waals surface area contributed by atoms with E-state index in [9.17, 15) is 14.0 Å². The van der Waals surface area contributed by atoms with Crippen LogP contribution in [-0.2, 0) is 4.79 Å². The van der Waals surface area contributed by atoms with Crippen LogP contribution in [0.25, 0.3) is 0 Å². The molecular formula is C17H16FN3O4. The van der Waals surface area contributed by atoms with E-state index >= 15 is 0 Å². The highest BCUT2D eigenvalue weighted by molar-refractivity contribution is 5.90. The van der Waals surface area contributed by atoms with Crippen LogP contribution in [0, 0.1) is 5.82 Å². The van der Waals surface area contributed by atoms with Crippen LogP contribution in [-0.4, -0.2) is 29.4 Å². The number of anilines is 1. The van der Waals surface area contributed by atoms with Crippen LogP contribution in [0.2, 0.25) is 0 Å². The van der Waals surface area contributed by atoms with Gasteiger partial charge in [0.15, 0.2) is 6.10 Å². The van der Waals surface area contributed by atoms with Gasteiger partial charge in [-0.25, -0.2) is 19.4 Å². The molecule has 2 aromatic rings. The Morgan fingerprint density at radius 2 is 1.80 bits per heavy atom. The minimum atomic E-state index is -1.05. The fourth-order valence-corrected chi connectivity index (χ4v) is 1.74. The second-order valence-electron chi connectivity index (χ2n) is 5.00. The maximum Gasteiger partial charge on any atom is 0.344 e. The molecule has 3 N–H and O–H groups in total. The van der Waals surface area contributed by atoms with Crippen LogP contribution in [0.3, 0.4) is 0 Å². The molecular weight excluding hydrogens is 329 g/mol. The Bertz CT molecular complexity index is 760. The van der Waals surface area contributed by atoms with Crippen LogP contribution < -0.4 is 15.5 Å². The van der Waals surface area contributed by atoms with Gasteiger partial charge < -0.3 is 15.2 Å². The molecule has 0 radical (unpaired) electrons. The molecule has 0 aliphatic carbocycles. The van der Waals surface area contributed by atoms with Crippen molar-refractivity contribution in [3.63, 3.8) is 0 Å². The number of aliphatic carboxylic acids is 1. The van der Waals surface area contributed by atoms with Gasteiger partial charge in [0.2, 0.25) is 0 Å². The molecule has 1 atom stereocenters. The Morgan fingerprint density at radius 1 is 1.16 bits per heavy atom. The predicted octanol–water partition coefficient (Wildman–Crippen LogP) is 2.83. The number of carbonyl (C=O) groups excluding carboxylic acids is 1. The lowest BCUT2D eigenvalue weighted by Gasteiger charge is -2.09. The standard InChI is InChI=1S/C17H16FN3O4/c1-11(16(22)23)25-15-8-2-12(3-9-15)10-19-21-17(24)20-14-6-4-13(18)5-7-14/h2-11H,1H3,(H,22,23)(H2,20,21,24)/b19-10+/t11-/m1/s1. The number of carboxylic acids is 1. The topological polar surface area (TPSA) is 100 Å². The lowest BCUT2D eigenvalue weighted by Crippen LogP contribution is -2.24. The summed E-state index contributed by atoms with van der Waals surface area (Å²) in [5.41, 5.74) is 3.38. The van der Waals surface area contributed by atoms with Crippen molar-refractivity contribution in [2.45, 2.75) is 13.0 Å². The number of nitrogens with zero attached hydrogens (tertiary/aromatic N) is 1. The molecule has 0 unspecified atom stereocenters. The lowest BCUT2D eigenvalue weighted by atomic mass is 10.2. The van der Waals surface area contributed by atoms with E-state index in [4.69, 9.17) is 9.84 Å². The average Bonchev–Trinajstić information content (AvgIpc) is 2.58. The van der Waals surface area contributed by atoms with Crippen molar-refractivity contribution in [2.24, 2.45) is 5.10 Å². The molecule has 0 aromatic heterocycles. The maximum atomic E-state index is 12.8. The van der Waals surface area contributed by atoms with E-state index in [-0.39, 0.29) is 0 Å². The number of halogens is 1. The number of hydrogen-bond acceptors (Lipinski definition) is 4. The van der Waals surface area contributed by atoms with Crippen molar-refractivity contribution in [1.82, 2.24) is 5.43 Å². The number of rotatable bonds is 6. The van der Waals surface area contributed by atoms with E-state index < -0.39 is 23.9 Å². The second kappa shape index (κ2) is 8.44. The summed E-state index contributed by atoms with van der Waals surface area (Å²) in [4.78, 5) is 22.3. The number of hydrazone groups is 1. The number of urea groups is 1. The monoisotopic (exact) mass is 345 g/mol. The Hall–Kier alpha value is -3.42. The van der Waals surface area contributed by atoms with Gasteiger partial charge >= 0.3 is 12.0 Å². The van der Waals surface area contributed by atoms with Gasteiger partial charge in [0, 0.05) is 5.69 Å². The highest BCUT2D eigenvalue weighted by atomic mass is 19.1. The second-order valence-corrected chi connectivity index (χ2v) is 5.00. The van der Waals surface area contributed by atoms with Crippen molar-refractivity contribution < 1.29 is 23.8 Å². The molecule has 130 valence electrons. The van der Waals surface area contributed by atoms with Crippen molar-refractivity contribution in [3.8, 4) is 5.75 Å². The summed E-state index contributed by atoms with van der Waals surface area (Å²) in [5.74, 6) is -1.04. The van der Waals surface area contributed by atoms with Crippen LogP contribution in [0.1, 0.15) is 12.5 Å². The van der Waals surface area contributed by atoms with Gasteiger partial charge in [-0.1, -0.05) is 0 Å². The smallest absolute Gasteiger partial charge is 0.344 e. The van der Waals surface area contributed by atoms with E-state index in [0.29, 0.717) is 17.0 Å². The van der Waals surface area contributed by atoms with Gasteiger partial charge in [0.25, 0.3) is 0 Å². The third-order valence-electron chi connectivity index (χ3n) is 3.02. The molecule has 0 aliphatic rings. The molecule has 0 heterocycles. The number of amides is 2. The van der Waals surface area contributed by atoms with Gasteiger partial charge in [0.1, 0.15) is 11.6 Å². The molecule has 7 nitrogen and oxygen atoms in total. The maximum absolute atomic E-state index is 12.8. The Labute approximate surface area is 143 Å². The van der Waals surface area contributed by atoms with Gasteiger partial charge in [-0.3, -0.25) is 0 Å². The first-order valence-corrected chi connectivity index (χ1v) is 7.29. The van der Waals surface area contributed by atoms with Gasteiger partial charge in [-0.2, -0.15) is 5.10 Å². The number of hydrogen-bond donors (Lipinski definition) is 3. The van der Waals surface area contributed by atoms with Crippen LogP contribution in [0.15, 0.2) is 53.6 Å². The summed E-state index contributed by atoms with van der Waals surface area (Å²) in [6, 6.07) is 11.3. The first kappa shape index (κ1) is 17.9. The van der Waals surface area contributed by atoms with E-state index in [1.165, 1.54) is 37.4 Å². The SMILES string of the molecule is C[C@@H](Oc1ccc(/C=N/NC(=O)Nc2ccc(F)cc2)cc1)C(=O)O. The molecule has 25 heavy (non-hydrogen) atoms. The van der Waals surface area contributed by atoms with Gasteiger partial charge in [-0.05, 0) is 61.0 Å². The Balaban J connectivity index is 1.83. The Kier molecular flexibility index (Phi) is 6.05. The highest BCUT2D eigenvalue weighted by Crippen LogP contribution is 2.13. The molecule has 2 aromatic carbocycles. The molecule has 0 saturated carbocycles. The van der Waals surface area contributed by atoms with Crippen LogP contribution in [0.5, 0.6) is 5.75 Å². The summed E-state index contributed by atoms with van der Waals surface area (Å²) in [6.07, 6.45) is 0.464. The van der Waals surface area contributed by atoms with E-state index in [0.717, 1.165) is 0 Å². The molecule has 0 spiro atoms. The fraction of sp³-hybridized carbons (Fsp3) is 0.118. The van der Waals surface area contributed by atoms with Crippen LogP contribution >= 0.6 is 0 Å². The molecule has 0 aliphatic heterocycles. The number of nitrogens with one attached hydrogen (secondary N) is 2. The summed E-state index contributed by atoms with van der Waals surface area (Å²) in [6.45, 7) is 1.43. The molecule has 0 saturated heterocycles. The Morgan fingerprint density at radius 3 is 2.40 bits per heavy atom. The number of carbonyl (C=O) groups is 2. The van der Waals surface area contributed by atoms with E-state index in [2.05, 4.69) is 15.8 Å². The van der Waals surface area contributed by atoms with E-state index in [1.54, 1.807) is 24.3 Å². The van der Waals surface area contributed by atoms with Gasteiger partial charge in [-0.15, -0.1) is 0 Å². The summed E-state index contributed by atoms with van der Waals surface area (Å²) in [7, 11) is 0. The first-order chi connectivity index (χ1) is 11.9. The fourth-order valence-electron chi connectivity index (χ4n) is 1.74. The van der Waals surface area contributed by atoms with Crippen LogP contribution in [0.4, 0.5) is 14.9 Å². The van der Waals surface area contributed by atoms with Crippen molar-refractivity contribution in [2.75, 3.05) is 5.32 Å². The zero-order chi connectivity index (χ0) is 18.2. The van der Waals surface area contributed by atoms with Crippen molar-refractivity contribution in [1.29, 1.82) is 0 Å². The third kappa shape index (κ3) is 5.94. The zero-order valence-electron chi connectivity index (χ0n) is 13.3. The number of ether oxygens (including phenoxy) is 1. The molecule has 0 bridgehead atoms. The molecule has 8 heteroatoms. The predicted molar refractivity (Wildman–Crippen MR) is 90.3 cm³/mol. The largest absolute Gasteiger partial charge is 0.479 e. The molecule has 2 rings (SSSR count). The minimum absolute atomic E-state index is 0.394. The summed E-state index contributed by atoms with van der Waals surface area (Å²) >= 11 is 0. The average molecular weight is 345 g/mol. The quantitative estimate of drug-likeness (QED) is 0.553. The number of carboxylic acid groups (broad SMARTS) is 1. The third-order valence-corrected chi connectivity index (χ3v) is 3.02. The van der Waals surface area contributed by atoms with Crippen molar-refractivity contribution >= 4 is 23.9 Å². The van der Waals surface area contributed by atoms with Crippen molar-refractivity contribution in [3.05, 3.63) is 59.9 Å². The highest BCUT2D eigenvalue weighted by Gasteiger charge is 2.11. The zero-order valence-corrected chi connectivity index (χ0v) is 13.3. The van der Waals surface area contributed by atoms with E-state index in [1.807, 2.05) is 0 Å². The number of benzene rings is 2. The molecule has 0 fully saturated rings. The summed E-state index contributed by atoms with van der Waals surface area (Å²) in [5, 5.41) is 15.0. The normalized spacial score (nSPS) is 11.8. The lowest BCUT2D eigenvalue weighted by molar-refractivity contribution is -0.144. The summed E-state index contributed by atoms with van der Waals surface area (Å²) < 4.78 is 18.0.